The minimum absolute atomic E-state index is 0.00965. The van der Waals surface area contributed by atoms with Crippen molar-refractivity contribution >= 4 is 17.5 Å². The molecule has 1 aliphatic heterocycles. The number of rotatable bonds is 4. The standard InChI is InChI=1S/C15H25ClN4O/c1-9(2)8-20-14(16)13(11(4)18-20)12-6-5-7-19(12)15(21)10(3)17/h9-10,12H,5-8,17H2,1-4H3/t10-,12?/m0/s1. The summed E-state index contributed by atoms with van der Waals surface area (Å²) in [6, 6.07) is -0.465. The van der Waals surface area contributed by atoms with Crippen molar-refractivity contribution in [3.63, 3.8) is 0 Å². The van der Waals surface area contributed by atoms with Crippen LogP contribution in [0.15, 0.2) is 0 Å². The Hall–Kier alpha value is -1.07. The van der Waals surface area contributed by atoms with E-state index in [1.54, 1.807) is 6.92 Å². The number of carbonyl (C=O) groups is 1. The predicted octanol–water partition coefficient (Wildman–Crippen LogP) is 2.51. The Labute approximate surface area is 131 Å². The summed E-state index contributed by atoms with van der Waals surface area (Å²) in [6.07, 6.45) is 1.90. The van der Waals surface area contributed by atoms with Gasteiger partial charge in [0, 0.05) is 18.7 Å². The van der Waals surface area contributed by atoms with E-state index < -0.39 is 6.04 Å². The fourth-order valence-electron chi connectivity index (χ4n) is 3.00. The molecule has 2 rings (SSSR count). The molecule has 6 heteroatoms. The summed E-state index contributed by atoms with van der Waals surface area (Å²) >= 11 is 6.53. The number of likely N-dealkylation sites (tertiary alicyclic amines) is 1. The number of hydrogen-bond donors (Lipinski definition) is 1. The van der Waals surface area contributed by atoms with Gasteiger partial charge in [0.15, 0.2) is 0 Å². The lowest BCUT2D eigenvalue weighted by Crippen LogP contribution is -2.41. The molecule has 0 bridgehead atoms. The number of nitrogens with two attached hydrogens (primary N) is 1. The van der Waals surface area contributed by atoms with Crippen LogP contribution in [-0.2, 0) is 11.3 Å². The first kappa shape index (κ1) is 16.3. The molecule has 1 aliphatic rings. The maximum Gasteiger partial charge on any atom is 0.239 e. The zero-order valence-corrected chi connectivity index (χ0v) is 14.0. The molecule has 0 aromatic carbocycles. The van der Waals surface area contributed by atoms with E-state index in [4.69, 9.17) is 17.3 Å². The normalized spacial score (nSPS) is 20.3. The fraction of sp³-hybridized carbons (Fsp3) is 0.733. The second kappa shape index (κ2) is 6.36. The first-order chi connectivity index (χ1) is 9.82. The highest BCUT2D eigenvalue weighted by Gasteiger charge is 2.35. The summed E-state index contributed by atoms with van der Waals surface area (Å²) in [7, 11) is 0. The van der Waals surface area contributed by atoms with Crippen LogP contribution >= 0.6 is 11.6 Å². The van der Waals surface area contributed by atoms with Crippen LogP contribution in [0.4, 0.5) is 0 Å². The number of aromatic nitrogens is 2. The summed E-state index contributed by atoms with van der Waals surface area (Å²) in [4.78, 5) is 14.1. The van der Waals surface area contributed by atoms with E-state index in [-0.39, 0.29) is 11.9 Å². The molecule has 118 valence electrons. The first-order valence-electron chi connectivity index (χ1n) is 7.61. The van der Waals surface area contributed by atoms with Crippen molar-refractivity contribution < 1.29 is 4.79 Å². The predicted molar refractivity (Wildman–Crippen MR) is 84.1 cm³/mol. The van der Waals surface area contributed by atoms with Gasteiger partial charge in [-0.2, -0.15) is 5.10 Å². The minimum atomic E-state index is -0.476. The molecule has 1 amide bonds. The molecule has 1 aromatic rings. The molecule has 2 atom stereocenters. The van der Waals surface area contributed by atoms with Crippen LogP contribution in [0.1, 0.15) is 50.9 Å². The van der Waals surface area contributed by atoms with Crippen LogP contribution in [0, 0.1) is 12.8 Å². The highest BCUT2D eigenvalue weighted by Crippen LogP contribution is 2.38. The van der Waals surface area contributed by atoms with Crippen LogP contribution in [0.3, 0.4) is 0 Å². The molecule has 2 N–H and O–H groups in total. The lowest BCUT2D eigenvalue weighted by Gasteiger charge is -2.26. The highest BCUT2D eigenvalue weighted by atomic mass is 35.5. The average molecular weight is 313 g/mol. The Morgan fingerprint density at radius 1 is 1.48 bits per heavy atom. The van der Waals surface area contributed by atoms with E-state index in [0.29, 0.717) is 11.1 Å². The second-order valence-electron chi connectivity index (χ2n) is 6.34. The van der Waals surface area contributed by atoms with Gasteiger partial charge in [0.1, 0.15) is 5.15 Å². The van der Waals surface area contributed by atoms with E-state index in [2.05, 4.69) is 18.9 Å². The molecule has 21 heavy (non-hydrogen) atoms. The van der Waals surface area contributed by atoms with Gasteiger partial charge in [0.2, 0.25) is 5.91 Å². The Morgan fingerprint density at radius 2 is 2.14 bits per heavy atom. The molecule has 0 spiro atoms. The summed E-state index contributed by atoms with van der Waals surface area (Å²) in [5, 5.41) is 5.21. The first-order valence-corrected chi connectivity index (χ1v) is 7.99. The summed E-state index contributed by atoms with van der Waals surface area (Å²) < 4.78 is 1.85. The monoisotopic (exact) mass is 312 g/mol. The Morgan fingerprint density at radius 3 is 2.71 bits per heavy atom. The van der Waals surface area contributed by atoms with E-state index in [0.717, 1.165) is 37.2 Å². The summed E-state index contributed by atoms with van der Waals surface area (Å²) in [5.74, 6) is 0.463. The Balaban J connectivity index is 2.32. The quantitative estimate of drug-likeness (QED) is 0.929. The van der Waals surface area contributed by atoms with Gasteiger partial charge < -0.3 is 10.6 Å². The molecular formula is C15H25ClN4O. The van der Waals surface area contributed by atoms with Crippen LogP contribution in [0.5, 0.6) is 0 Å². The molecule has 1 fully saturated rings. The maximum atomic E-state index is 12.3. The molecule has 0 saturated carbocycles. The lowest BCUT2D eigenvalue weighted by molar-refractivity contribution is -0.133. The number of halogens is 1. The van der Waals surface area contributed by atoms with E-state index in [1.165, 1.54) is 0 Å². The maximum absolute atomic E-state index is 12.3. The van der Waals surface area contributed by atoms with E-state index in [1.807, 2.05) is 16.5 Å². The number of aryl methyl sites for hydroxylation is 1. The van der Waals surface area contributed by atoms with Crippen molar-refractivity contribution in [1.29, 1.82) is 0 Å². The van der Waals surface area contributed by atoms with Crippen molar-refractivity contribution in [3.05, 3.63) is 16.4 Å². The smallest absolute Gasteiger partial charge is 0.239 e. The van der Waals surface area contributed by atoms with E-state index in [9.17, 15) is 4.79 Å². The van der Waals surface area contributed by atoms with Crippen molar-refractivity contribution in [2.45, 2.75) is 59.2 Å². The van der Waals surface area contributed by atoms with Crippen LogP contribution in [-0.4, -0.2) is 33.2 Å². The Bertz CT molecular complexity index is 524. The van der Waals surface area contributed by atoms with Crippen LogP contribution < -0.4 is 5.73 Å². The van der Waals surface area contributed by atoms with Gasteiger partial charge >= 0.3 is 0 Å². The van der Waals surface area contributed by atoms with Crippen LogP contribution in [0.2, 0.25) is 5.15 Å². The van der Waals surface area contributed by atoms with Gasteiger partial charge in [-0.15, -0.1) is 0 Å². The molecular weight excluding hydrogens is 288 g/mol. The number of hydrogen-bond acceptors (Lipinski definition) is 3. The molecule has 0 aliphatic carbocycles. The third kappa shape index (κ3) is 3.24. The lowest BCUT2D eigenvalue weighted by atomic mass is 10.1. The molecule has 5 nitrogen and oxygen atoms in total. The van der Waals surface area contributed by atoms with Gasteiger partial charge in [-0.1, -0.05) is 25.4 Å². The third-order valence-corrected chi connectivity index (χ3v) is 4.30. The van der Waals surface area contributed by atoms with Crippen molar-refractivity contribution in [1.82, 2.24) is 14.7 Å². The summed E-state index contributed by atoms with van der Waals surface area (Å²) in [6.45, 7) is 9.49. The van der Waals surface area contributed by atoms with Gasteiger partial charge in [-0.3, -0.25) is 9.48 Å². The average Bonchev–Trinajstić information content (AvgIpc) is 2.94. The van der Waals surface area contributed by atoms with Gasteiger partial charge in [0.05, 0.1) is 17.8 Å². The SMILES string of the molecule is Cc1nn(CC(C)C)c(Cl)c1C1CCCN1C(=O)[C@H](C)N. The third-order valence-electron chi connectivity index (χ3n) is 3.91. The molecule has 1 aromatic heterocycles. The summed E-state index contributed by atoms with van der Waals surface area (Å²) in [5.41, 5.74) is 7.66. The molecule has 0 radical (unpaired) electrons. The number of amides is 1. The second-order valence-corrected chi connectivity index (χ2v) is 6.70. The van der Waals surface area contributed by atoms with Gasteiger partial charge in [-0.25, -0.2) is 0 Å². The van der Waals surface area contributed by atoms with Gasteiger partial charge in [0.25, 0.3) is 0 Å². The number of nitrogens with zero attached hydrogens (tertiary/aromatic N) is 3. The van der Waals surface area contributed by atoms with Crippen LogP contribution in [0.25, 0.3) is 0 Å². The largest absolute Gasteiger partial charge is 0.334 e. The molecule has 1 unspecified atom stereocenters. The number of carbonyl (C=O) groups excluding carboxylic acids is 1. The molecule has 1 saturated heterocycles. The van der Waals surface area contributed by atoms with Crippen molar-refractivity contribution in [2.24, 2.45) is 11.7 Å². The zero-order chi connectivity index (χ0) is 15.7. The van der Waals surface area contributed by atoms with Crippen molar-refractivity contribution in [2.75, 3.05) is 6.54 Å². The fourth-order valence-corrected chi connectivity index (χ4v) is 3.37. The zero-order valence-electron chi connectivity index (χ0n) is 13.3. The molecule has 2 heterocycles. The highest BCUT2D eigenvalue weighted by molar-refractivity contribution is 6.30. The van der Waals surface area contributed by atoms with Gasteiger partial charge in [-0.05, 0) is 32.6 Å². The van der Waals surface area contributed by atoms with Crippen molar-refractivity contribution in [3.8, 4) is 0 Å². The minimum Gasteiger partial charge on any atom is -0.334 e. The topological polar surface area (TPSA) is 64.2 Å². The van der Waals surface area contributed by atoms with E-state index >= 15 is 0 Å². The Kier molecular flexibility index (Phi) is 4.94.